The van der Waals surface area contributed by atoms with Crippen LogP contribution in [0.5, 0.6) is 0 Å². The minimum atomic E-state index is -0.180. The lowest BCUT2D eigenvalue weighted by Crippen LogP contribution is -2.32. The lowest BCUT2D eigenvalue weighted by atomic mass is 9.97. The Bertz CT molecular complexity index is 458. The number of ether oxygens (including phenoxy) is 1. The highest BCUT2D eigenvalue weighted by atomic mass is 16.5. The molecule has 3 unspecified atom stereocenters. The quantitative estimate of drug-likeness (QED) is 0.840. The maximum absolute atomic E-state index is 11.4. The summed E-state index contributed by atoms with van der Waals surface area (Å²) in [6, 6.07) is 8.69. The van der Waals surface area contributed by atoms with Crippen molar-refractivity contribution in [3.8, 4) is 0 Å². The summed E-state index contributed by atoms with van der Waals surface area (Å²) in [5, 5.41) is 3.66. The number of carbonyl (C=O) groups excluding carboxylic acids is 1. The SMILES string of the molecule is COC(=O)Cc1ccccc1CNC1CCC(C)C1C. The van der Waals surface area contributed by atoms with E-state index in [2.05, 4.69) is 25.2 Å². The van der Waals surface area contributed by atoms with Crippen molar-refractivity contribution in [2.75, 3.05) is 7.11 Å². The molecule has 0 spiro atoms. The van der Waals surface area contributed by atoms with E-state index in [0.717, 1.165) is 23.9 Å². The zero-order valence-electron chi connectivity index (χ0n) is 12.7. The van der Waals surface area contributed by atoms with Crippen LogP contribution < -0.4 is 5.32 Å². The van der Waals surface area contributed by atoms with Crippen LogP contribution in [0.25, 0.3) is 0 Å². The first-order valence-corrected chi connectivity index (χ1v) is 7.48. The molecule has 110 valence electrons. The standard InChI is InChI=1S/C17H25NO2/c1-12-8-9-16(13(12)2)18-11-15-7-5-4-6-14(15)10-17(19)20-3/h4-7,12-13,16,18H,8-11H2,1-3H3. The predicted octanol–water partition coefficient (Wildman–Crippen LogP) is 2.93. The monoisotopic (exact) mass is 275 g/mol. The van der Waals surface area contributed by atoms with Gasteiger partial charge in [0.05, 0.1) is 13.5 Å². The van der Waals surface area contributed by atoms with Gasteiger partial charge in [-0.05, 0) is 35.8 Å². The Morgan fingerprint density at radius 2 is 1.95 bits per heavy atom. The van der Waals surface area contributed by atoms with E-state index in [9.17, 15) is 4.79 Å². The smallest absolute Gasteiger partial charge is 0.309 e. The predicted molar refractivity (Wildman–Crippen MR) is 80.4 cm³/mol. The molecule has 1 saturated carbocycles. The Labute approximate surface area is 121 Å². The third-order valence-corrected chi connectivity index (χ3v) is 4.70. The Kier molecular flexibility index (Phi) is 5.18. The molecule has 1 aromatic carbocycles. The fraction of sp³-hybridized carbons (Fsp3) is 0.588. The van der Waals surface area contributed by atoms with Gasteiger partial charge in [-0.3, -0.25) is 4.79 Å². The summed E-state index contributed by atoms with van der Waals surface area (Å²) in [5.74, 6) is 1.35. The largest absolute Gasteiger partial charge is 0.469 e. The van der Waals surface area contributed by atoms with Gasteiger partial charge in [-0.1, -0.05) is 38.1 Å². The van der Waals surface area contributed by atoms with Gasteiger partial charge in [0.2, 0.25) is 0 Å². The van der Waals surface area contributed by atoms with Gasteiger partial charge in [0.1, 0.15) is 0 Å². The van der Waals surface area contributed by atoms with Crippen LogP contribution in [0, 0.1) is 11.8 Å². The molecule has 0 saturated heterocycles. The normalized spacial score (nSPS) is 25.6. The van der Waals surface area contributed by atoms with E-state index in [0.29, 0.717) is 12.5 Å². The van der Waals surface area contributed by atoms with Gasteiger partial charge in [-0.25, -0.2) is 0 Å². The second kappa shape index (κ2) is 6.89. The molecule has 1 aliphatic rings. The molecule has 3 atom stereocenters. The summed E-state index contributed by atoms with van der Waals surface area (Å²) in [5.41, 5.74) is 2.26. The van der Waals surface area contributed by atoms with Crippen molar-refractivity contribution in [2.24, 2.45) is 11.8 Å². The molecule has 1 fully saturated rings. The van der Waals surface area contributed by atoms with Gasteiger partial charge in [0, 0.05) is 12.6 Å². The number of benzene rings is 1. The number of carbonyl (C=O) groups is 1. The van der Waals surface area contributed by atoms with Crippen LogP contribution >= 0.6 is 0 Å². The highest BCUT2D eigenvalue weighted by Crippen LogP contribution is 2.31. The Balaban J connectivity index is 1.97. The van der Waals surface area contributed by atoms with Gasteiger partial charge in [0.25, 0.3) is 0 Å². The van der Waals surface area contributed by atoms with E-state index in [1.807, 2.05) is 18.2 Å². The van der Waals surface area contributed by atoms with Crippen LogP contribution in [-0.4, -0.2) is 19.1 Å². The van der Waals surface area contributed by atoms with E-state index in [1.54, 1.807) is 0 Å². The molecule has 3 nitrogen and oxygen atoms in total. The molecule has 0 radical (unpaired) electrons. The number of hydrogen-bond donors (Lipinski definition) is 1. The zero-order valence-corrected chi connectivity index (χ0v) is 12.7. The summed E-state index contributed by atoms with van der Waals surface area (Å²) in [6.07, 6.45) is 2.91. The average molecular weight is 275 g/mol. The van der Waals surface area contributed by atoms with E-state index in [1.165, 1.54) is 25.5 Å². The fourth-order valence-electron chi connectivity index (χ4n) is 3.02. The minimum absolute atomic E-state index is 0.180. The van der Waals surface area contributed by atoms with E-state index < -0.39 is 0 Å². The molecule has 1 aromatic rings. The first-order valence-electron chi connectivity index (χ1n) is 7.48. The molecule has 1 aliphatic carbocycles. The molecule has 2 rings (SSSR count). The number of esters is 1. The van der Waals surface area contributed by atoms with Crippen molar-refractivity contribution in [1.29, 1.82) is 0 Å². The number of methoxy groups -OCH3 is 1. The first-order chi connectivity index (χ1) is 9.61. The highest BCUT2D eigenvalue weighted by Gasteiger charge is 2.29. The van der Waals surface area contributed by atoms with Crippen LogP contribution in [-0.2, 0) is 22.5 Å². The molecule has 0 amide bonds. The van der Waals surface area contributed by atoms with E-state index >= 15 is 0 Å². The van der Waals surface area contributed by atoms with Crippen molar-refractivity contribution in [2.45, 2.75) is 45.7 Å². The summed E-state index contributed by atoms with van der Waals surface area (Å²) in [7, 11) is 1.44. The first kappa shape index (κ1) is 15.0. The second-order valence-electron chi connectivity index (χ2n) is 5.92. The van der Waals surface area contributed by atoms with Gasteiger partial charge < -0.3 is 10.1 Å². The van der Waals surface area contributed by atoms with E-state index in [-0.39, 0.29) is 5.97 Å². The molecule has 0 heterocycles. The molecule has 0 aromatic heterocycles. The van der Waals surface area contributed by atoms with Crippen molar-refractivity contribution < 1.29 is 9.53 Å². The third kappa shape index (κ3) is 3.60. The summed E-state index contributed by atoms with van der Waals surface area (Å²) < 4.78 is 4.76. The van der Waals surface area contributed by atoms with Crippen LogP contribution in [0.3, 0.4) is 0 Å². The van der Waals surface area contributed by atoms with Crippen LogP contribution in [0.1, 0.15) is 37.8 Å². The fourth-order valence-corrected chi connectivity index (χ4v) is 3.02. The molecular formula is C17H25NO2. The van der Waals surface area contributed by atoms with Crippen LogP contribution in [0.2, 0.25) is 0 Å². The van der Waals surface area contributed by atoms with E-state index in [4.69, 9.17) is 4.74 Å². The number of hydrogen-bond acceptors (Lipinski definition) is 3. The summed E-state index contributed by atoms with van der Waals surface area (Å²) in [4.78, 5) is 11.4. The lowest BCUT2D eigenvalue weighted by molar-refractivity contribution is -0.139. The van der Waals surface area contributed by atoms with Crippen molar-refractivity contribution in [3.63, 3.8) is 0 Å². The highest BCUT2D eigenvalue weighted by molar-refractivity contribution is 5.72. The molecular weight excluding hydrogens is 250 g/mol. The lowest BCUT2D eigenvalue weighted by Gasteiger charge is -2.20. The number of rotatable bonds is 5. The number of nitrogens with one attached hydrogen (secondary N) is 1. The molecule has 0 aliphatic heterocycles. The summed E-state index contributed by atoms with van der Waals surface area (Å²) in [6.45, 7) is 5.49. The van der Waals surface area contributed by atoms with Gasteiger partial charge in [-0.2, -0.15) is 0 Å². The Morgan fingerprint density at radius 1 is 1.25 bits per heavy atom. The molecule has 20 heavy (non-hydrogen) atoms. The Morgan fingerprint density at radius 3 is 2.55 bits per heavy atom. The molecule has 1 N–H and O–H groups in total. The van der Waals surface area contributed by atoms with Crippen LogP contribution in [0.4, 0.5) is 0 Å². The molecule has 0 bridgehead atoms. The Hall–Kier alpha value is -1.35. The second-order valence-corrected chi connectivity index (χ2v) is 5.92. The summed E-state index contributed by atoms with van der Waals surface area (Å²) >= 11 is 0. The van der Waals surface area contributed by atoms with Crippen molar-refractivity contribution in [3.05, 3.63) is 35.4 Å². The van der Waals surface area contributed by atoms with Crippen molar-refractivity contribution >= 4 is 5.97 Å². The van der Waals surface area contributed by atoms with Crippen LogP contribution in [0.15, 0.2) is 24.3 Å². The van der Waals surface area contributed by atoms with Gasteiger partial charge in [0.15, 0.2) is 0 Å². The zero-order chi connectivity index (χ0) is 14.5. The third-order valence-electron chi connectivity index (χ3n) is 4.70. The average Bonchev–Trinajstić information content (AvgIpc) is 2.78. The van der Waals surface area contributed by atoms with Crippen molar-refractivity contribution in [1.82, 2.24) is 5.32 Å². The van der Waals surface area contributed by atoms with Gasteiger partial charge in [-0.15, -0.1) is 0 Å². The topological polar surface area (TPSA) is 38.3 Å². The van der Waals surface area contributed by atoms with Gasteiger partial charge >= 0.3 is 5.97 Å². The molecule has 3 heteroatoms. The maximum atomic E-state index is 11.4. The maximum Gasteiger partial charge on any atom is 0.309 e. The minimum Gasteiger partial charge on any atom is -0.469 e.